The molecule has 10 nitrogen and oxygen atoms in total. The smallest absolute Gasteiger partial charge is 0.303 e. The monoisotopic (exact) mass is 556 g/mol. The van der Waals surface area contributed by atoms with Crippen molar-refractivity contribution in [1.82, 2.24) is 20.6 Å². The Bertz CT molecular complexity index is 893. The fraction of sp³-hybridized carbons (Fsp3) is 0.533. The van der Waals surface area contributed by atoms with E-state index in [1.165, 1.54) is 0 Å². The van der Waals surface area contributed by atoms with Gasteiger partial charge >= 0.3 is 11.9 Å². The summed E-state index contributed by atoms with van der Waals surface area (Å²) in [5.41, 5.74) is 1.26. The molecule has 0 radical (unpaired) electrons. The molecule has 0 saturated heterocycles. The van der Waals surface area contributed by atoms with Gasteiger partial charge in [0.2, 0.25) is 0 Å². The zero-order chi connectivity index (χ0) is 29.3. The highest BCUT2D eigenvalue weighted by molar-refractivity contribution is 5.94. The van der Waals surface area contributed by atoms with Crippen molar-refractivity contribution in [3.05, 3.63) is 60.2 Å². The summed E-state index contributed by atoms with van der Waals surface area (Å²) in [4.78, 5) is 51.8. The molecule has 4 N–H and O–H groups in total. The number of unbranched alkanes of at least 4 members (excludes halogenated alkanes) is 10. The number of amides is 2. The van der Waals surface area contributed by atoms with Crippen molar-refractivity contribution in [1.29, 1.82) is 0 Å². The summed E-state index contributed by atoms with van der Waals surface area (Å²) in [7, 11) is 0. The average Bonchev–Trinajstić information content (AvgIpc) is 2.96. The van der Waals surface area contributed by atoms with E-state index < -0.39 is 11.9 Å². The molecule has 0 atom stereocenters. The van der Waals surface area contributed by atoms with Crippen LogP contribution in [0.5, 0.6) is 0 Å². The molecule has 2 amide bonds. The summed E-state index contributed by atoms with van der Waals surface area (Å²) >= 11 is 0. The molecule has 0 aliphatic carbocycles. The van der Waals surface area contributed by atoms with Gasteiger partial charge in [-0.2, -0.15) is 0 Å². The Morgan fingerprint density at radius 3 is 1.12 bits per heavy atom. The zero-order valence-electron chi connectivity index (χ0n) is 23.4. The maximum atomic E-state index is 11.8. The number of carboxylic acids is 2. The van der Waals surface area contributed by atoms with Crippen LogP contribution in [0.15, 0.2) is 49.1 Å². The minimum Gasteiger partial charge on any atom is -0.481 e. The molecule has 220 valence electrons. The molecule has 40 heavy (non-hydrogen) atoms. The number of carbonyl (C=O) groups is 4. The van der Waals surface area contributed by atoms with Crippen molar-refractivity contribution < 1.29 is 29.4 Å². The average molecular weight is 557 g/mol. The van der Waals surface area contributed by atoms with Gasteiger partial charge in [-0.25, -0.2) is 0 Å². The Labute approximate surface area is 237 Å². The quantitative estimate of drug-likeness (QED) is 0.161. The molecule has 2 heterocycles. The van der Waals surface area contributed by atoms with E-state index in [0.717, 1.165) is 77.0 Å². The van der Waals surface area contributed by atoms with Crippen LogP contribution in [0.25, 0.3) is 0 Å². The van der Waals surface area contributed by atoms with Crippen molar-refractivity contribution in [3.8, 4) is 0 Å². The highest BCUT2D eigenvalue weighted by Crippen LogP contribution is 2.10. The number of hydrogen-bond donors (Lipinski definition) is 4. The van der Waals surface area contributed by atoms with E-state index in [1.807, 2.05) is 0 Å². The second kappa shape index (κ2) is 23.1. The Balaban J connectivity index is 0.000000437. The van der Waals surface area contributed by atoms with Crippen molar-refractivity contribution in [3.63, 3.8) is 0 Å². The van der Waals surface area contributed by atoms with Crippen LogP contribution in [-0.2, 0) is 9.59 Å². The number of nitrogens with zero attached hydrogens (tertiary/aromatic N) is 2. The van der Waals surface area contributed by atoms with Crippen molar-refractivity contribution in [2.45, 2.75) is 89.9 Å². The van der Waals surface area contributed by atoms with Crippen LogP contribution in [0.4, 0.5) is 0 Å². The number of aliphatic carboxylic acids is 2. The maximum absolute atomic E-state index is 11.8. The molecule has 2 aromatic heterocycles. The number of pyridine rings is 2. The van der Waals surface area contributed by atoms with E-state index in [-0.39, 0.29) is 24.7 Å². The normalized spacial score (nSPS) is 10.2. The second-order valence-electron chi connectivity index (χ2n) is 9.51. The number of hydrogen-bond acceptors (Lipinski definition) is 6. The molecule has 10 heteroatoms. The van der Waals surface area contributed by atoms with Gasteiger partial charge in [-0.15, -0.1) is 0 Å². The number of rotatable bonds is 20. The lowest BCUT2D eigenvalue weighted by atomic mass is 10.1. The molecule has 0 unspecified atom stereocenters. The third-order valence-corrected chi connectivity index (χ3v) is 6.09. The number of carboxylic acid groups (broad SMARTS) is 2. The van der Waals surface area contributed by atoms with Gasteiger partial charge in [-0.1, -0.05) is 51.4 Å². The Morgan fingerprint density at radius 1 is 0.500 bits per heavy atom. The molecule has 2 aromatic rings. The van der Waals surface area contributed by atoms with E-state index >= 15 is 0 Å². The summed E-state index contributed by atoms with van der Waals surface area (Å²) in [6.07, 6.45) is 18.8. The van der Waals surface area contributed by atoms with Crippen LogP contribution < -0.4 is 10.6 Å². The van der Waals surface area contributed by atoms with Crippen molar-refractivity contribution in [2.24, 2.45) is 0 Å². The SMILES string of the molecule is O=C(NCCCCCCNC(=O)c1ccncc1)c1ccncc1.O=C(O)CCCCCCCCCCC(=O)O. The predicted molar refractivity (Wildman–Crippen MR) is 153 cm³/mol. The van der Waals surface area contributed by atoms with Gasteiger partial charge in [0.05, 0.1) is 0 Å². The third-order valence-electron chi connectivity index (χ3n) is 6.09. The highest BCUT2D eigenvalue weighted by Gasteiger charge is 2.04. The van der Waals surface area contributed by atoms with E-state index in [2.05, 4.69) is 20.6 Å². The highest BCUT2D eigenvalue weighted by atomic mass is 16.4. The van der Waals surface area contributed by atoms with Crippen LogP contribution in [0.1, 0.15) is 111 Å². The van der Waals surface area contributed by atoms with Gasteiger partial charge in [-0.3, -0.25) is 29.1 Å². The molecule has 2 rings (SSSR count). The van der Waals surface area contributed by atoms with E-state index in [9.17, 15) is 19.2 Å². The first-order valence-corrected chi connectivity index (χ1v) is 14.2. The zero-order valence-corrected chi connectivity index (χ0v) is 23.4. The molecular weight excluding hydrogens is 512 g/mol. The summed E-state index contributed by atoms with van der Waals surface area (Å²) in [6.45, 7) is 1.31. The van der Waals surface area contributed by atoms with Crippen LogP contribution in [-0.4, -0.2) is 57.0 Å². The van der Waals surface area contributed by atoms with Crippen LogP contribution in [0.2, 0.25) is 0 Å². The Kier molecular flexibility index (Phi) is 19.8. The molecular formula is C30H44N4O6. The van der Waals surface area contributed by atoms with Gasteiger partial charge < -0.3 is 20.8 Å². The fourth-order valence-electron chi connectivity index (χ4n) is 3.83. The largest absolute Gasteiger partial charge is 0.481 e. The molecule has 0 bridgehead atoms. The minimum atomic E-state index is -0.714. The first kappa shape index (κ1) is 34.2. The number of aromatic nitrogens is 2. The summed E-state index contributed by atoms with van der Waals surface area (Å²) in [5, 5.41) is 22.6. The molecule has 0 aliphatic rings. The van der Waals surface area contributed by atoms with Gasteiger partial charge in [0.1, 0.15) is 0 Å². The van der Waals surface area contributed by atoms with Crippen molar-refractivity contribution >= 4 is 23.8 Å². The maximum Gasteiger partial charge on any atom is 0.303 e. The first-order valence-electron chi connectivity index (χ1n) is 14.2. The van der Waals surface area contributed by atoms with Gasteiger partial charge in [-0.05, 0) is 49.9 Å². The standard InChI is InChI=1S/C18H22N4O2.C12H22O4/c23-17(15-5-11-19-12-6-15)21-9-3-1-2-4-10-22-18(24)16-7-13-20-14-8-16;13-11(14)9-7-5-3-1-2-4-6-8-10-12(15)16/h5-8,11-14H,1-4,9-10H2,(H,21,23)(H,22,24);1-10H2,(H,13,14)(H,15,16). The minimum absolute atomic E-state index is 0.0676. The molecule has 0 aliphatic heterocycles. The lowest BCUT2D eigenvalue weighted by molar-refractivity contribution is -0.138. The topological polar surface area (TPSA) is 159 Å². The van der Waals surface area contributed by atoms with Gasteiger partial charge in [0, 0.05) is 61.8 Å². The van der Waals surface area contributed by atoms with E-state index in [4.69, 9.17) is 10.2 Å². The van der Waals surface area contributed by atoms with E-state index in [1.54, 1.807) is 49.1 Å². The third kappa shape index (κ3) is 19.3. The number of nitrogens with one attached hydrogen (secondary N) is 2. The summed E-state index contributed by atoms with van der Waals surface area (Å²) < 4.78 is 0. The summed E-state index contributed by atoms with van der Waals surface area (Å²) in [6, 6.07) is 6.78. The Hall–Kier alpha value is -3.82. The van der Waals surface area contributed by atoms with Crippen LogP contribution >= 0.6 is 0 Å². The Morgan fingerprint density at radius 2 is 0.800 bits per heavy atom. The lowest BCUT2D eigenvalue weighted by Gasteiger charge is -2.06. The van der Waals surface area contributed by atoms with Crippen molar-refractivity contribution in [2.75, 3.05) is 13.1 Å². The molecule has 0 spiro atoms. The van der Waals surface area contributed by atoms with Crippen LogP contribution in [0.3, 0.4) is 0 Å². The fourth-order valence-corrected chi connectivity index (χ4v) is 3.83. The molecule has 0 saturated carbocycles. The number of carbonyl (C=O) groups excluding carboxylic acids is 2. The molecule has 0 aromatic carbocycles. The van der Waals surface area contributed by atoms with E-state index in [0.29, 0.717) is 24.2 Å². The first-order chi connectivity index (χ1) is 19.4. The molecule has 0 fully saturated rings. The summed E-state index contributed by atoms with van der Waals surface area (Å²) in [5.74, 6) is -1.56. The van der Waals surface area contributed by atoms with Crippen LogP contribution in [0, 0.1) is 0 Å². The van der Waals surface area contributed by atoms with Gasteiger partial charge in [0.25, 0.3) is 11.8 Å². The second-order valence-corrected chi connectivity index (χ2v) is 9.51. The predicted octanol–water partition coefficient (Wildman–Crippen LogP) is 5.25. The van der Waals surface area contributed by atoms with Gasteiger partial charge in [0.15, 0.2) is 0 Å². The lowest BCUT2D eigenvalue weighted by Crippen LogP contribution is -2.25.